The van der Waals surface area contributed by atoms with Gasteiger partial charge in [0.2, 0.25) is 5.95 Å². The van der Waals surface area contributed by atoms with Gasteiger partial charge in [-0.2, -0.15) is 4.98 Å². The van der Waals surface area contributed by atoms with Crippen LogP contribution in [0, 0.1) is 5.92 Å². The number of nitrogens with one attached hydrogen (secondary N) is 2. The van der Waals surface area contributed by atoms with Gasteiger partial charge >= 0.3 is 0 Å². The molecule has 32 heavy (non-hydrogen) atoms. The monoisotopic (exact) mass is 493 g/mol. The Bertz CT molecular complexity index is 936. The third-order valence-corrected chi connectivity index (χ3v) is 7.07. The van der Waals surface area contributed by atoms with Crippen molar-refractivity contribution in [2.75, 3.05) is 43.1 Å². The van der Waals surface area contributed by atoms with E-state index in [4.69, 9.17) is 40.2 Å². The Hall–Kier alpha value is -1.67. The van der Waals surface area contributed by atoms with Crippen molar-refractivity contribution < 1.29 is 4.74 Å². The van der Waals surface area contributed by atoms with Gasteiger partial charge in [0.25, 0.3) is 0 Å². The molecule has 6 nitrogen and oxygen atoms in total. The predicted molar refractivity (Wildman–Crippen MR) is 135 cm³/mol. The van der Waals surface area contributed by atoms with E-state index in [-0.39, 0.29) is 5.41 Å². The summed E-state index contributed by atoms with van der Waals surface area (Å²) < 4.78 is 5.62. The topological polar surface area (TPSA) is 62.3 Å². The van der Waals surface area contributed by atoms with E-state index in [1.165, 1.54) is 12.0 Å². The fraction of sp³-hybridized carbons (Fsp3) is 0.522. The third-order valence-electron chi connectivity index (χ3n) is 6.38. The molecule has 2 aliphatic rings. The lowest BCUT2D eigenvalue weighted by molar-refractivity contribution is 0.0515. The Morgan fingerprint density at radius 3 is 2.69 bits per heavy atom. The molecule has 2 aliphatic heterocycles. The number of hydrogen-bond acceptors (Lipinski definition) is 5. The maximum atomic E-state index is 6.30. The minimum absolute atomic E-state index is 0.0706. The number of thiocarbonyl (C=S) groups is 1. The van der Waals surface area contributed by atoms with Crippen molar-refractivity contribution in [2.24, 2.45) is 5.92 Å². The lowest BCUT2D eigenvalue weighted by atomic mass is 9.74. The van der Waals surface area contributed by atoms with Gasteiger partial charge in [0, 0.05) is 49.4 Å². The number of anilines is 2. The molecule has 0 radical (unpaired) electrons. The number of piperidine rings is 1. The summed E-state index contributed by atoms with van der Waals surface area (Å²) in [6, 6.07) is 9.88. The van der Waals surface area contributed by atoms with Crippen molar-refractivity contribution >= 4 is 52.3 Å². The van der Waals surface area contributed by atoms with Gasteiger partial charge in [-0.25, -0.2) is 4.98 Å². The molecule has 0 aliphatic carbocycles. The van der Waals surface area contributed by atoms with Crippen LogP contribution in [0.1, 0.15) is 38.2 Å². The zero-order chi connectivity index (χ0) is 22.6. The Morgan fingerprint density at radius 2 is 1.97 bits per heavy atom. The maximum absolute atomic E-state index is 6.30. The molecule has 0 amide bonds. The fourth-order valence-corrected chi connectivity index (χ4v) is 5.02. The first-order chi connectivity index (χ1) is 15.4. The molecular weight excluding hydrogens is 465 g/mol. The number of aromatic nitrogens is 2. The molecule has 1 atom stereocenters. The number of benzene rings is 1. The molecular formula is C23H29Cl2N5OS. The van der Waals surface area contributed by atoms with Crippen LogP contribution in [0.25, 0.3) is 0 Å². The van der Waals surface area contributed by atoms with Gasteiger partial charge < -0.3 is 20.3 Å². The number of ether oxygens (including phenoxy) is 1. The molecule has 0 spiro atoms. The average Bonchev–Trinajstić information content (AvgIpc) is 2.78. The molecule has 1 aromatic carbocycles. The maximum Gasteiger partial charge on any atom is 0.232 e. The van der Waals surface area contributed by atoms with E-state index in [2.05, 4.69) is 44.6 Å². The molecule has 4 rings (SSSR count). The summed E-state index contributed by atoms with van der Waals surface area (Å²) in [5.41, 5.74) is 1.17. The van der Waals surface area contributed by atoms with Gasteiger partial charge in [0.05, 0.1) is 0 Å². The second kappa shape index (κ2) is 10.5. The zero-order valence-electron chi connectivity index (χ0n) is 18.2. The molecule has 2 N–H and O–H groups in total. The number of hydrogen-bond donors (Lipinski definition) is 2. The lowest BCUT2D eigenvalue weighted by Crippen LogP contribution is -2.45. The van der Waals surface area contributed by atoms with Crippen molar-refractivity contribution in [3.05, 3.63) is 46.1 Å². The van der Waals surface area contributed by atoms with Crippen LogP contribution in [-0.2, 0) is 10.2 Å². The standard InChI is InChI=1S/C23H29Cl2N5OS/c1-16-3-2-10-30(14-16)20-13-19(25)27-21(28-20)29-22(32)26-15-23(8-11-31-12-9-23)17-4-6-18(24)7-5-17/h4-7,13,16H,2-3,8-12,14-15H2,1H3,(H2,26,27,28,29,32)/t16-/m0/s1. The molecule has 9 heteroatoms. The molecule has 2 aromatic rings. The Morgan fingerprint density at radius 1 is 1.22 bits per heavy atom. The first kappa shape index (κ1) is 23.5. The number of rotatable bonds is 5. The van der Waals surface area contributed by atoms with Gasteiger partial charge in [-0.1, -0.05) is 42.3 Å². The Kier molecular flexibility index (Phi) is 7.71. The smallest absolute Gasteiger partial charge is 0.232 e. The van der Waals surface area contributed by atoms with Crippen LogP contribution in [-0.4, -0.2) is 47.9 Å². The van der Waals surface area contributed by atoms with Crippen LogP contribution in [0.15, 0.2) is 30.3 Å². The summed E-state index contributed by atoms with van der Waals surface area (Å²) in [6.07, 6.45) is 4.22. The summed E-state index contributed by atoms with van der Waals surface area (Å²) >= 11 is 18.0. The first-order valence-electron chi connectivity index (χ1n) is 11.1. The van der Waals surface area contributed by atoms with Crippen LogP contribution in [0.2, 0.25) is 10.2 Å². The molecule has 0 unspecified atom stereocenters. The number of halogens is 2. The van der Waals surface area contributed by atoms with Crippen LogP contribution < -0.4 is 15.5 Å². The highest BCUT2D eigenvalue weighted by Crippen LogP contribution is 2.35. The number of nitrogens with zero attached hydrogens (tertiary/aromatic N) is 3. The highest BCUT2D eigenvalue weighted by atomic mass is 35.5. The third kappa shape index (κ3) is 5.81. The van der Waals surface area contributed by atoms with E-state index < -0.39 is 0 Å². The van der Waals surface area contributed by atoms with E-state index in [1.54, 1.807) is 0 Å². The van der Waals surface area contributed by atoms with Crippen LogP contribution in [0.5, 0.6) is 0 Å². The van der Waals surface area contributed by atoms with E-state index in [9.17, 15) is 0 Å². The van der Waals surface area contributed by atoms with Crippen LogP contribution >= 0.6 is 35.4 Å². The van der Waals surface area contributed by atoms with Crippen molar-refractivity contribution in [2.45, 2.75) is 38.0 Å². The molecule has 3 heterocycles. The Balaban J connectivity index is 1.43. The van der Waals surface area contributed by atoms with Gasteiger partial charge in [-0.3, -0.25) is 0 Å². The first-order valence-corrected chi connectivity index (χ1v) is 12.3. The summed E-state index contributed by atoms with van der Waals surface area (Å²) in [5, 5.41) is 8.12. The average molecular weight is 494 g/mol. The molecule has 0 saturated carbocycles. The van der Waals surface area contributed by atoms with Gasteiger partial charge in [-0.05, 0) is 61.5 Å². The molecule has 1 aromatic heterocycles. The minimum atomic E-state index is -0.0706. The summed E-state index contributed by atoms with van der Waals surface area (Å²) in [6.45, 7) is 6.34. The summed E-state index contributed by atoms with van der Waals surface area (Å²) in [4.78, 5) is 11.3. The largest absolute Gasteiger partial charge is 0.381 e. The van der Waals surface area contributed by atoms with Gasteiger partial charge in [0.1, 0.15) is 11.0 Å². The van der Waals surface area contributed by atoms with Crippen molar-refractivity contribution in [3.63, 3.8) is 0 Å². The van der Waals surface area contributed by atoms with Crippen molar-refractivity contribution in [1.82, 2.24) is 15.3 Å². The van der Waals surface area contributed by atoms with E-state index in [0.717, 1.165) is 56.4 Å². The van der Waals surface area contributed by atoms with Crippen molar-refractivity contribution in [1.29, 1.82) is 0 Å². The normalized spacial score (nSPS) is 20.6. The van der Waals surface area contributed by atoms with Crippen molar-refractivity contribution in [3.8, 4) is 0 Å². The van der Waals surface area contributed by atoms with Gasteiger partial charge in [0.15, 0.2) is 5.11 Å². The second-order valence-corrected chi connectivity index (χ2v) is 10.0. The van der Waals surface area contributed by atoms with E-state index in [1.807, 2.05) is 18.2 Å². The van der Waals surface area contributed by atoms with Crippen LogP contribution in [0.4, 0.5) is 11.8 Å². The highest BCUT2D eigenvalue weighted by Gasteiger charge is 2.34. The van der Waals surface area contributed by atoms with Gasteiger partial charge in [-0.15, -0.1) is 0 Å². The quantitative estimate of drug-likeness (QED) is 0.445. The predicted octanol–water partition coefficient (Wildman–Crippen LogP) is 5.05. The SMILES string of the molecule is C[C@H]1CCCN(c2cc(Cl)nc(NC(=S)NCC3(c4ccc(Cl)cc4)CCOCC3)n2)C1. The summed E-state index contributed by atoms with van der Waals surface area (Å²) in [7, 11) is 0. The molecule has 2 fully saturated rings. The molecule has 172 valence electrons. The fourth-order valence-electron chi connectivity index (χ4n) is 4.55. The summed E-state index contributed by atoms with van der Waals surface area (Å²) in [5.74, 6) is 1.89. The minimum Gasteiger partial charge on any atom is -0.381 e. The van der Waals surface area contributed by atoms with E-state index >= 15 is 0 Å². The molecule has 0 bridgehead atoms. The van der Waals surface area contributed by atoms with E-state index in [0.29, 0.717) is 28.7 Å². The Labute approximate surface area is 205 Å². The highest BCUT2D eigenvalue weighted by molar-refractivity contribution is 7.80. The molecule has 2 saturated heterocycles. The van der Waals surface area contributed by atoms with Crippen LogP contribution in [0.3, 0.4) is 0 Å². The second-order valence-electron chi connectivity index (χ2n) is 8.77. The lowest BCUT2D eigenvalue weighted by Gasteiger charge is -2.38. The zero-order valence-corrected chi connectivity index (χ0v) is 20.6.